The van der Waals surface area contributed by atoms with Crippen molar-refractivity contribution in [1.29, 1.82) is 0 Å². The molecule has 1 amide bonds. The number of benzene rings is 2. The molecular weight excluding hydrogens is 432 g/mol. The molecule has 0 radical (unpaired) electrons. The number of para-hydroxylation sites is 1. The number of carbonyl (C=O) groups is 1. The smallest absolute Gasteiger partial charge is 0.257 e. The van der Waals surface area contributed by atoms with E-state index in [1.54, 1.807) is 0 Å². The molecule has 0 aliphatic heterocycles. The number of rotatable bonds is 6. The number of hydrogen-bond donors (Lipinski definition) is 3. The molecule has 156 valence electrons. The molecule has 9 heteroatoms. The molecule has 0 bridgehead atoms. The first-order chi connectivity index (χ1) is 14.9. The van der Waals surface area contributed by atoms with Crippen molar-refractivity contribution in [2.24, 2.45) is 0 Å². The third-order valence-electron chi connectivity index (χ3n) is 4.65. The quantitative estimate of drug-likeness (QED) is 0.389. The van der Waals surface area contributed by atoms with Crippen LogP contribution in [-0.2, 0) is 10.0 Å². The zero-order chi connectivity index (χ0) is 22.0. The van der Waals surface area contributed by atoms with Gasteiger partial charge < -0.3 is 4.98 Å². The number of hydrogen-bond acceptors (Lipinski definition) is 5. The molecule has 0 atom stereocenters. The van der Waals surface area contributed by atoms with Crippen LogP contribution in [0, 0.1) is 19.3 Å². The summed E-state index contributed by atoms with van der Waals surface area (Å²) >= 11 is 1.30. The predicted molar refractivity (Wildman–Crippen MR) is 123 cm³/mol. The highest BCUT2D eigenvalue weighted by Gasteiger charge is 2.18. The van der Waals surface area contributed by atoms with Gasteiger partial charge in [0.15, 0.2) is 5.13 Å². The monoisotopic (exact) mass is 450 g/mol. The molecule has 0 unspecified atom stereocenters. The van der Waals surface area contributed by atoms with Crippen LogP contribution in [0.5, 0.6) is 0 Å². The lowest BCUT2D eigenvalue weighted by atomic mass is 10.1. The summed E-state index contributed by atoms with van der Waals surface area (Å²) < 4.78 is 26.8. The van der Waals surface area contributed by atoms with E-state index in [0.29, 0.717) is 5.13 Å². The Labute approximate surface area is 183 Å². The van der Waals surface area contributed by atoms with Crippen LogP contribution in [0.15, 0.2) is 58.8 Å². The van der Waals surface area contributed by atoms with Gasteiger partial charge >= 0.3 is 0 Å². The average molecular weight is 451 g/mol. The fourth-order valence-corrected chi connectivity index (χ4v) is 4.92. The third kappa shape index (κ3) is 4.22. The molecule has 3 N–H and O–H groups in total. The maximum Gasteiger partial charge on any atom is 0.257 e. The first-order valence-corrected chi connectivity index (χ1v) is 11.6. The summed E-state index contributed by atoms with van der Waals surface area (Å²) in [5.41, 5.74) is 3.94. The molecule has 0 fully saturated rings. The molecule has 4 rings (SSSR count). The van der Waals surface area contributed by atoms with Crippen LogP contribution in [0.1, 0.15) is 16.1 Å². The zero-order valence-electron chi connectivity index (χ0n) is 16.5. The molecule has 2 aromatic heterocycles. The molecule has 0 aliphatic rings. The largest absolute Gasteiger partial charge is 0.358 e. The van der Waals surface area contributed by atoms with Crippen molar-refractivity contribution in [3.05, 3.63) is 65.2 Å². The minimum absolute atomic E-state index is 0.0374. The Kier molecular flexibility index (Phi) is 5.61. The topological polar surface area (TPSA) is 104 Å². The van der Waals surface area contributed by atoms with Gasteiger partial charge in [-0.25, -0.2) is 13.4 Å². The van der Waals surface area contributed by atoms with Gasteiger partial charge in [-0.2, -0.15) is 4.72 Å². The van der Waals surface area contributed by atoms with E-state index >= 15 is 0 Å². The number of terminal acetylenes is 1. The first-order valence-electron chi connectivity index (χ1n) is 9.27. The number of nitrogens with zero attached hydrogens (tertiary/aromatic N) is 1. The van der Waals surface area contributed by atoms with Crippen molar-refractivity contribution in [2.75, 3.05) is 11.9 Å². The lowest BCUT2D eigenvalue weighted by molar-refractivity contribution is 0.102. The lowest BCUT2D eigenvalue weighted by Gasteiger charge is -2.06. The molecule has 31 heavy (non-hydrogen) atoms. The van der Waals surface area contributed by atoms with Crippen LogP contribution >= 0.6 is 11.3 Å². The lowest BCUT2D eigenvalue weighted by Crippen LogP contribution is -2.24. The van der Waals surface area contributed by atoms with E-state index in [9.17, 15) is 13.2 Å². The summed E-state index contributed by atoms with van der Waals surface area (Å²) in [6, 6.07) is 13.7. The van der Waals surface area contributed by atoms with Crippen molar-refractivity contribution in [2.45, 2.75) is 11.8 Å². The molecule has 4 aromatic rings. The number of aromatic amines is 1. The van der Waals surface area contributed by atoms with E-state index in [1.165, 1.54) is 35.6 Å². The predicted octanol–water partition coefficient (Wildman–Crippen LogP) is 3.76. The fraction of sp³-hybridized carbons (Fsp3) is 0.0909. The van der Waals surface area contributed by atoms with Crippen molar-refractivity contribution < 1.29 is 13.2 Å². The Bertz CT molecular complexity index is 1430. The number of amides is 1. The van der Waals surface area contributed by atoms with Gasteiger partial charge in [0.1, 0.15) is 0 Å². The third-order valence-corrected chi connectivity index (χ3v) is 6.80. The summed E-state index contributed by atoms with van der Waals surface area (Å²) in [7, 11) is -3.79. The summed E-state index contributed by atoms with van der Waals surface area (Å²) in [6.45, 7) is 1.85. The Morgan fingerprint density at radius 3 is 2.84 bits per heavy atom. The standard InChI is InChI=1S/C22H18N4O3S2/c1-3-11-23-31(28,29)16-8-6-7-15(12-16)21(27)26-22-25-19(13-30-22)20-14(2)24-18-10-5-4-9-17(18)20/h1,4-10,12-13,23-24H,11H2,2H3,(H,25,26,27). The molecule has 0 saturated heterocycles. The summed E-state index contributed by atoms with van der Waals surface area (Å²) in [5.74, 6) is 1.76. The zero-order valence-corrected chi connectivity index (χ0v) is 18.1. The van der Waals surface area contributed by atoms with E-state index in [1.807, 2.05) is 36.6 Å². The SMILES string of the molecule is C#CCNS(=O)(=O)c1cccc(C(=O)Nc2nc(-c3c(C)[nH]c4ccccc34)cs2)c1. The second-order valence-electron chi connectivity index (χ2n) is 6.72. The minimum Gasteiger partial charge on any atom is -0.358 e. The summed E-state index contributed by atoms with van der Waals surface area (Å²) in [4.78, 5) is 20.5. The highest BCUT2D eigenvalue weighted by Crippen LogP contribution is 2.34. The summed E-state index contributed by atoms with van der Waals surface area (Å²) in [6.07, 6.45) is 5.11. The van der Waals surface area contributed by atoms with Crippen LogP contribution in [0.2, 0.25) is 0 Å². The van der Waals surface area contributed by atoms with E-state index in [2.05, 4.69) is 25.9 Å². The fourth-order valence-electron chi connectivity index (χ4n) is 3.25. The van der Waals surface area contributed by atoms with Gasteiger partial charge in [-0.15, -0.1) is 17.8 Å². The molecule has 2 aromatic carbocycles. The van der Waals surface area contributed by atoms with Crippen molar-refractivity contribution >= 4 is 43.3 Å². The number of fused-ring (bicyclic) bond motifs is 1. The number of sulfonamides is 1. The van der Waals surface area contributed by atoms with E-state index in [0.717, 1.165) is 27.9 Å². The van der Waals surface area contributed by atoms with Crippen molar-refractivity contribution in [1.82, 2.24) is 14.7 Å². The van der Waals surface area contributed by atoms with Gasteiger partial charge in [0.2, 0.25) is 10.0 Å². The second kappa shape index (κ2) is 8.35. The van der Waals surface area contributed by atoms with Crippen LogP contribution in [0.4, 0.5) is 5.13 Å². The second-order valence-corrected chi connectivity index (χ2v) is 9.34. The summed E-state index contributed by atoms with van der Waals surface area (Å²) in [5, 5.41) is 6.09. The van der Waals surface area contributed by atoms with Gasteiger partial charge in [-0.1, -0.05) is 30.2 Å². The van der Waals surface area contributed by atoms with Crippen LogP contribution in [0.25, 0.3) is 22.2 Å². The Morgan fingerprint density at radius 1 is 1.23 bits per heavy atom. The highest BCUT2D eigenvalue weighted by molar-refractivity contribution is 7.89. The Hall–Kier alpha value is -3.45. The maximum absolute atomic E-state index is 12.7. The van der Waals surface area contributed by atoms with Crippen molar-refractivity contribution in [3.8, 4) is 23.6 Å². The molecule has 0 spiro atoms. The number of thiazole rings is 1. The van der Waals surface area contributed by atoms with Crippen LogP contribution < -0.4 is 10.0 Å². The van der Waals surface area contributed by atoms with E-state index in [4.69, 9.17) is 6.42 Å². The van der Waals surface area contributed by atoms with E-state index in [-0.39, 0.29) is 17.0 Å². The number of H-pyrrole nitrogens is 1. The number of aryl methyl sites for hydroxylation is 1. The Balaban J connectivity index is 1.57. The molecule has 7 nitrogen and oxygen atoms in total. The highest BCUT2D eigenvalue weighted by atomic mass is 32.2. The molecule has 0 saturated carbocycles. The Morgan fingerprint density at radius 2 is 2.03 bits per heavy atom. The van der Waals surface area contributed by atoms with Gasteiger partial charge in [-0.05, 0) is 31.2 Å². The van der Waals surface area contributed by atoms with E-state index < -0.39 is 15.9 Å². The number of anilines is 1. The first kappa shape index (κ1) is 20.8. The minimum atomic E-state index is -3.79. The van der Waals surface area contributed by atoms with Gasteiger partial charge in [0.05, 0.1) is 17.1 Å². The van der Waals surface area contributed by atoms with Crippen molar-refractivity contribution in [3.63, 3.8) is 0 Å². The number of carbonyl (C=O) groups excluding carboxylic acids is 1. The molecular formula is C22H18N4O3S2. The van der Waals surface area contributed by atoms with Gasteiger partial charge in [-0.3, -0.25) is 10.1 Å². The molecule has 0 aliphatic carbocycles. The van der Waals surface area contributed by atoms with Gasteiger partial charge in [0.25, 0.3) is 5.91 Å². The van der Waals surface area contributed by atoms with Gasteiger partial charge in [0, 0.05) is 33.1 Å². The van der Waals surface area contributed by atoms with Crippen LogP contribution in [-0.4, -0.2) is 30.8 Å². The normalized spacial score (nSPS) is 11.4. The van der Waals surface area contributed by atoms with Crippen LogP contribution in [0.3, 0.4) is 0 Å². The maximum atomic E-state index is 12.7. The number of aromatic nitrogens is 2. The molecule has 2 heterocycles. The number of nitrogens with one attached hydrogen (secondary N) is 3. The average Bonchev–Trinajstić information content (AvgIpc) is 3.35.